The largest absolute Gasteiger partial charge is 0.507 e. The molecular formula is C22H28N2O6S. The number of aromatic hydroxyl groups is 1. The first kappa shape index (κ1) is 23.2. The summed E-state index contributed by atoms with van der Waals surface area (Å²) in [6.07, 6.45) is 2.82. The highest BCUT2D eigenvalue weighted by atomic mass is 32.2. The fraction of sp³-hybridized carbons (Fsp3) is 0.409. The molecule has 1 unspecified atom stereocenters. The van der Waals surface area contributed by atoms with Crippen molar-refractivity contribution in [2.24, 2.45) is 0 Å². The molecule has 1 saturated heterocycles. The second kappa shape index (κ2) is 11.2. The number of nitrogens with one attached hydrogen (secondary N) is 2. The van der Waals surface area contributed by atoms with Gasteiger partial charge in [0, 0.05) is 26.3 Å². The van der Waals surface area contributed by atoms with Gasteiger partial charge in [0.1, 0.15) is 5.75 Å². The summed E-state index contributed by atoms with van der Waals surface area (Å²) in [7, 11) is -3.84. The lowest BCUT2D eigenvalue weighted by Crippen LogP contribution is -2.27. The van der Waals surface area contributed by atoms with Gasteiger partial charge in [-0.3, -0.25) is 4.79 Å². The Morgan fingerprint density at radius 1 is 1.19 bits per heavy atom. The zero-order chi connectivity index (χ0) is 22.1. The number of carbonyl (C=O) groups is 1. The average Bonchev–Trinajstić information content (AvgIpc) is 3.29. The van der Waals surface area contributed by atoms with Crippen molar-refractivity contribution in [3.63, 3.8) is 0 Å². The van der Waals surface area contributed by atoms with E-state index in [1.807, 2.05) is 30.3 Å². The summed E-state index contributed by atoms with van der Waals surface area (Å²) in [5, 5.41) is 12.7. The van der Waals surface area contributed by atoms with E-state index in [0.717, 1.165) is 25.0 Å². The molecular weight excluding hydrogens is 420 g/mol. The zero-order valence-electron chi connectivity index (χ0n) is 17.2. The van der Waals surface area contributed by atoms with Crippen molar-refractivity contribution in [2.75, 3.05) is 26.4 Å². The number of phenols is 1. The van der Waals surface area contributed by atoms with Gasteiger partial charge >= 0.3 is 0 Å². The van der Waals surface area contributed by atoms with Crippen LogP contribution in [0.4, 0.5) is 0 Å². The lowest BCUT2D eigenvalue weighted by atomic mass is 10.2. The van der Waals surface area contributed by atoms with Crippen LogP contribution in [0.5, 0.6) is 5.75 Å². The van der Waals surface area contributed by atoms with E-state index in [9.17, 15) is 18.3 Å². The molecule has 1 heterocycles. The molecule has 168 valence electrons. The molecule has 1 aliphatic rings. The summed E-state index contributed by atoms with van der Waals surface area (Å²) >= 11 is 0. The van der Waals surface area contributed by atoms with Gasteiger partial charge in [-0.1, -0.05) is 30.3 Å². The molecule has 0 bridgehead atoms. The van der Waals surface area contributed by atoms with Gasteiger partial charge in [-0.15, -0.1) is 0 Å². The molecule has 9 heteroatoms. The number of phenolic OH excluding ortho intramolecular Hbond substituents is 1. The first-order valence-corrected chi connectivity index (χ1v) is 11.8. The van der Waals surface area contributed by atoms with Crippen LogP contribution in [0, 0.1) is 0 Å². The second-order valence-electron chi connectivity index (χ2n) is 7.31. The Morgan fingerprint density at radius 2 is 2.00 bits per heavy atom. The predicted octanol–water partition coefficient (Wildman–Crippen LogP) is 2.19. The predicted molar refractivity (Wildman–Crippen MR) is 115 cm³/mol. The smallest absolute Gasteiger partial charge is 0.255 e. The Hall–Kier alpha value is -2.46. The summed E-state index contributed by atoms with van der Waals surface area (Å²) in [5.74, 6) is -0.828. The SMILES string of the molecule is O=C(NCCCOCC1CCCO1)c1cc(S(=O)(=O)NCc2ccccc2)ccc1O. The fourth-order valence-corrected chi connectivity index (χ4v) is 4.23. The Balaban J connectivity index is 1.50. The highest BCUT2D eigenvalue weighted by Crippen LogP contribution is 2.21. The summed E-state index contributed by atoms with van der Waals surface area (Å²) in [6.45, 7) is 2.27. The number of sulfonamides is 1. The van der Waals surface area contributed by atoms with Crippen molar-refractivity contribution >= 4 is 15.9 Å². The van der Waals surface area contributed by atoms with E-state index in [1.54, 1.807) is 0 Å². The summed E-state index contributed by atoms with van der Waals surface area (Å²) in [4.78, 5) is 12.3. The van der Waals surface area contributed by atoms with E-state index in [4.69, 9.17) is 9.47 Å². The Kier molecular flexibility index (Phi) is 8.42. The van der Waals surface area contributed by atoms with E-state index in [1.165, 1.54) is 18.2 Å². The maximum Gasteiger partial charge on any atom is 0.255 e. The van der Waals surface area contributed by atoms with E-state index >= 15 is 0 Å². The van der Waals surface area contributed by atoms with Crippen LogP contribution in [0.25, 0.3) is 0 Å². The number of rotatable bonds is 11. The first-order chi connectivity index (χ1) is 15.0. The molecule has 2 aromatic carbocycles. The van der Waals surface area contributed by atoms with Crippen molar-refractivity contribution in [3.8, 4) is 5.75 Å². The lowest BCUT2D eigenvalue weighted by molar-refractivity contribution is 0.0166. The van der Waals surface area contributed by atoms with E-state index < -0.39 is 15.9 Å². The number of hydrogen-bond acceptors (Lipinski definition) is 6. The molecule has 1 atom stereocenters. The molecule has 31 heavy (non-hydrogen) atoms. The van der Waals surface area contributed by atoms with Crippen molar-refractivity contribution in [3.05, 3.63) is 59.7 Å². The minimum atomic E-state index is -3.84. The van der Waals surface area contributed by atoms with Crippen LogP contribution >= 0.6 is 0 Å². The van der Waals surface area contributed by atoms with Gasteiger partial charge in [0.05, 0.1) is 23.2 Å². The van der Waals surface area contributed by atoms with Crippen molar-refractivity contribution in [1.82, 2.24) is 10.0 Å². The fourth-order valence-electron chi connectivity index (χ4n) is 3.18. The molecule has 1 aliphatic heterocycles. The lowest BCUT2D eigenvalue weighted by Gasteiger charge is -2.12. The number of ether oxygens (including phenoxy) is 2. The Morgan fingerprint density at radius 3 is 2.74 bits per heavy atom. The monoisotopic (exact) mass is 448 g/mol. The highest BCUT2D eigenvalue weighted by Gasteiger charge is 2.19. The quantitative estimate of drug-likeness (QED) is 0.454. The van der Waals surface area contributed by atoms with Gasteiger partial charge in [-0.2, -0.15) is 0 Å². The zero-order valence-corrected chi connectivity index (χ0v) is 18.1. The number of carbonyl (C=O) groups excluding carboxylic acids is 1. The summed E-state index contributed by atoms with van der Waals surface area (Å²) in [6, 6.07) is 12.7. The normalized spacial score (nSPS) is 16.3. The molecule has 0 aromatic heterocycles. The van der Waals surface area contributed by atoms with Crippen molar-refractivity contribution in [1.29, 1.82) is 0 Å². The first-order valence-electron chi connectivity index (χ1n) is 10.3. The molecule has 0 saturated carbocycles. The molecule has 0 aliphatic carbocycles. The molecule has 0 radical (unpaired) electrons. The van der Waals surface area contributed by atoms with Crippen molar-refractivity contribution in [2.45, 2.75) is 36.8 Å². The second-order valence-corrected chi connectivity index (χ2v) is 9.08. The number of hydrogen-bond donors (Lipinski definition) is 3. The molecule has 1 fully saturated rings. The Bertz CT molecular complexity index is 959. The van der Waals surface area contributed by atoms with Gasteiger partial charge in [0.15, 0.2) is 0 Å². The molecule has 8 nitrogen and oxygen atoms in total. The van der Waals surface area contributed by atoms with E-state index in [0.29, 0.717) is 26.2 Å². The van der Waals surface area contributed by atoms with Crippen LogP contribution in [0.3, 0.4) is 0 Å². The maximum absolute atomic E-state index is 12.6. The Labute approximate surface area is 182 Å². The minimum Gasteiger partial charge on any atom is -0.507 e. The van der Waals surface area contributed by atoms with Crippen LogP contribution in [-0.2, 0) is 26.0 Å². The van der Waals surface area contributed by atoms with Crippen molar-refractivity contribution < 1.29 is 27.8 Å². The third-order valence-electron chi connectivity index (χ3n) is 4.91. The van der Waals surface area contributed by atoms with Gasteiger partial charge in [-0.25, -0.2) is 13.1 Å². The highest BCUT2D eigenvalue weighted by molar-refractivity contribution is 7.89. The third kappa shape index (κ3) is 7.03. The van der Waals surface area contributed by atoms with E-state index in [-0.39, 0.29) is 28.9 Å². The number of amides is 1. The molecule has 2 aromatic rings. The summed E-state index contributed by atoms with van der Waals surface area (Å²) < 4.78 is 38.7. The molecule has 1 amide bonds. The number of benzene rings is 2. The average molecular weight is 449 g/mol. The van der Waals surface area contributed by atoms with Gasteiger partial charge in [-0.05, 0) is 43.0 Å². The molecule has 0 spiro atoms. The van der Waals surface area contributed by atoms with Gasteiger partial charge in [0.25, 0.3) is 5.91 Å². The molecule has 3 N–H and O–H groups in total. The van der Waals surface area contributed by atoms with E-state index in [2.05, 4.69) is 10.0 Å². The van der Waals surface area contributed by atoms with Crippen LogP contribution in [0.15, 0.2) is 53.4 Å². The molecule has 3 rings (SSSR count). The minimum absolute atomic E-state index is 0.0914. The van der Waals surface area contributed by atoms with Crippen LogP contribution in [0.2, 0.25) is 0 Å². The van der Waals surface area contributed by atoms with Gasteiger partial charge < -0.3 is 19.9 Å². The van der Waals surface area contributed by atoms with Crippen LogP contribution in [0.1, 0.15) is 35.2 Å². The van der Waals surface area contributed by atoms with Gasteiger partial charge in [0.2, 0.25) is 10.0 Å². The topological polar surface area (TPSA) is 114 Å². The standard InChI is InChI=1S/C22H28N2O6S/c25-21-10-9-19(31(27,28)24-15-17-6-2-1-3-7-17)14-20(21)22(26)23-11-5-12-29-16-18-8-4-13-30-18/h1-3,6-7,9-10,14,18,24-25H,4-5,8,11-13,15-16H2,(H,23,26). The maximum atomic E-state index is 12.6. The third-order valence-corrected chi connectivity index (χ3v) is 6.31. The van der Waals surface area contributed by atoms with Crippen LogP contribution in [-0.4, -0.2) is 51.9 Å². The summed E-state index contributed by atoms with van der Waals surface area (Å²) in [5.41, 5.74) is 0.715. The van der Waals surface area contributed by atoms with Crippen LogP contribution < -0.4 is 10.0 Å².